The first-order valence-corrected chi connectivity index (χ1v) is 10.6. The van der Waals surface area contributed by atoms with E-state index in [1.807, 2.05) is 23.6 Å². The normalized spacial score (nSPS) is 32.9. The number of carbonyl (C=O) groups is 1. The fraction of sp³-hybridized carbons (Fsp3) is 0.619. The van der Waals surface area contributed by atoms with Crippen LogP contribution >= 0.6 is 12.2 Å². The molecular formula is C21H29N3O3S. The number of likely N-dealkylation sites (tertiary alicyclic amines) is 1. The number of benzene rings is 1. The minimum atomic E-state index is -0.954. The number of hydrogen-bond donors (Lipinski definition) is 3. The predicted octanol–water partition coefficient (Wildman–Crippen LogP) is 1.49. The highest BCUT2D eigenvalue weighted by atomic mass is 32.1. The molecule has 0 radical (unpaired) electrons. The van der Waals surface area contributed by atoms with Gasteiger partial charge in [0.2, 0.25) is 5.91 Å². The first kappa shape index (κ1) is 19.6. The number of fused-ring (bicyclic) bond motifs is 1. The third-order valence-electron chi connectivity index (χ3n) is 6.31. The van der Waals surface area contributed by atoms with E-state index in [-0.39, 0.29) is 18.4 Å². The summed E-state index contributed by atoms with van der Waals surface area (Å²) in [6, 6.07) is 5.45. The first-order valence-electron chi connectivity index (χ1n) is 10.2. The maximum absolute atomic E-state index is 13.4. The van der Waals surface area contributed by atoms with Crippen molar-refractivity contribution >= 4 is 28.9 Å². The van der Waals surface area contributed by atoms with Crippen LogP contribution in [0.2, 0.25) is 0 Å². The third kappa shape index (κ3) is 3.40. The van der Waals surface area contributed by atoms with Crippen LogP contribution in [0.4, 0.5) is 5.69 Å². The van der Waals surface area contributed by atoms with Crippen LogP contribution in [-0.2, 0) is 4.79 Å². The Morgan fingerprint density at radius 1 is 1.11 bits per heavy atom. The Kier molecular flexibility index (Phi) is 5.33. The second-order valence-electron chi connectivity index (χ2n) is 8.47. The van der Waals surface area contributed by atoms with Crippen LogP contribution in [0.25, 0.3) is 0 Å². The van der Waals surface area contributed by atoms with Gasteiger partial charge in [-0.05, 0) is 75.0 Å². The Labute approximate surface area is 171 Å². The summed E-state index contributed by atoms with van der Waals surface area (Å²) in [7, 11) is 0. The number of rotatable bonds is 2. The van der Waals surface area contributed by atoms with E-state index in [1.165, 1.54) is 0 Å². The average Bonchev–Trinajstić information content (AvgIpc) is 3.01. The molecule has 0 aromatic heterocycles. The number of amides is 1. The number of nitrogens with one attached hydrogen (secondary N) is 1. The lowest BCUT2D eigenvalue weighted by Gasteiger charge is -2.43. The van der Waals surface area contributed by atoms with Gasteiger partial charge in [-0.2, -0.15) is 0 Å². The largest absolute Gasteiger partial charge is 0.390 e. The van der Waals surface area contributed by atoms with Crippen LogP contribution in [0.5, 0.6) is 0 Å². The van der Waals surface area contributed by atoms with Gasteiger partial charge in [0.1, 0.15) is 6.10 Å². The molecule has 1 aromatic carbocycles. The summed E-state index contributed by atoms with van der Waals surface area (Å²) >= 11 is 5.61. The van der Waals surface area contributed by atoms with Crippen molar-refractivity contribution in [2.75, 3.05) is 18.0 Å². The first-order chi connectivity index (χ1) is 13.4. The lowest BCUT2D eigenvalue weighted by molar-refractivity contribution is -0.142. The van der Waals surface area contributed by atoms with E-state index in [1.54, 1.807) is 0 Å². The van der Waals surface area contributed by atoms with E-state index in [2.05, 4.69) is 23.5 Å². The molecule has 0 spiro atoms. The van der Waals surface area contributed by atoms with Crippen LogP contribution < -0.4 is 10.2 Å². The number of anilines is 1. The molecule has 152 valence electrons. The number of aliphatic hydroxyl groups is 2. The van der Waals surface area contributed by atoms with Crippen molar-refractivity contribution in [3.8, 4) is 0 Å². The second kappa shape index (κ2) is 7.61. The number of carbonyl (C=O) groups excluding carboxylic acids is 1. The molecule has 1 amide bonds. The molecule has 4 rings (SSSR count). The minimum absolute atomic E-state index is 0.0709. The maximum atomic E-state index is 13.4. The van der Waals surface area contributed by atoms with Gasteiger partial charge in [-0.3, -0.25) is 4.79 Å². The van der Waals surface area contributed by atoms with Crippen molar-refractivity contribution in [2.45, 2.75) is 63.8 Å². The van der Waals surface area contributed by atoms with Crippen molar-refractivity contribution in [3.05, 3.63) is 29.3 Å². The highest BCUT2D eigenvalue weighted by molar-refractivity contribution is 7.80. The lowest BCUT2D eigenvalue weighted by atomic mass is 9.76. The number of aryl methyl sites for hydroxylation is 2. The molecule has 1 aromatic rings. The number of piperidine rings is 1. The SMILES string of the molecule is Cc1cc(C)cc(N2C(=S)N[C@H]3[C@@H](O)[C@H](O)C[C@@H](C(=O)N4CCCCC4)[C@H]32)c1. The zero-order chi connectivity index (χ0) is 20.0. The summed E-state index contributed by atoms with van der Waals surface area (Å²) in [5, 5.41) is 24.8. The van der Waals surface area contributed by atoms with Crippen LogP contribution in [0.1, 0.15) is 36.8 Å². The Bertz CT molecular complexity index is 760. The molecule has 5 atom stereocenters. The quantitative estimate of drug-likeness (QED) is 0.650. The van der Waals surface area contributed by atoms with E-state index in [0.29, 0.717) is 5.11 Å². The van der Waals surface area contributed by atoms with Crippen molar-refractivity contribution in [1.29, 1.82) is 0 Å². The van der Waals surface area contributed by atoms with Gasteiger partial charge in [0.25, 0.3) is 0 Å². The molecule has 1 saturated carbocycles. The van der Waals surface area contributed by atoms with Gasteiger partial charge in [-0.25, -0.2) is 0 Å². The topological polar surface area (TPSA) is 76.0 Å². The molecule has 1 aliphatic carbocycles. The molecule has 6 nitrogen and oxygen atoms in total. The van der Waals surface area contributed by atoms with Crippen molar-refractivity contribution in [3.63, 3.8) is 0 Å². The van der Waals surface area contributed by atoms with Crippen molar-refractivity contribution < 1.29 is 15.0 Å². The summed E-state index contributed by atoms with van der Waals surface area (Å²) in [4.78, 5) is 17.3. The summed E-state index contributed by atoms with van der Waals surface area (Å²) < 4.78 is 0. The smallest absolute Gasteiger partial charge is 0.227 e. The Hall–Kier alpha value is -1.70. The van der Waals surface area contributed by atoms with Crippen LogP contribution in [0, 0.1) is 19.8 Å². The van der Waals surface area contributed by atoms with Gasteiger partial charge >= 0.3 is 0 Å². The molecule has 2 heterocycles. The molecule has 28 heavy (non-hydrogen) atoms. The summed E-state index contributed by atoms with van der Waals surface area (Å²) in [6.07, 6.45) is 1.56. The predicted molar refractivity (Wildman–Crippen MR) is 112 cm³/mol. The lowest BCUT2D eigenvalue weighted by Crippen LogP contribution is -2.61. The van der Waals surface area contributed by atoms with Crippen LogP contribution in [0.15, 0.2) is 18.2 Å². The number of thiocarbonyl (C=S) groups is 1. The molecule has 3 N–H and O–H groups in total. The summed E-state index contributed by atoms with van der Waals surface area (Å²) in [6.45, 7) is 5.62. The minimum Gasteiger partial charge on any atom is -0.390 e. The van der Waals surface area contributed by atoms with E-state index in [9.17, 15) is 15.0 Å². The zero-order valence-corrected chi connectivity index (χ0v) is 17.3. The second-order valence-corrected chi connectivity index (χ2v) is 8.85. The van der Waals surface area contributed by atoms with Crippen LogP contribution in [0.3, 0.4) is 0 Å². The Morgan fingerprint density at radius 2 is 1.75 bits per heavy atom. The standard InChI is InChI=1S/C21H29N3O3S/c1-12-8-13(2)10-14(9-12)24-18-15(20(27)23-6-4-3-5-7-23)11-16(25)19(26)17(18)22-21(24)28/h8-10,15-19,25-26H,3-7,11H2,1-2H3,(H,22,28)/t15-,16-,17-,18-,19+/m1/s1. The van der Waals surface area contributed by atoms with E-state index < -0.39 is 24.2 Å². The molecule has 0 unspecified atom stereocenters. The zero-order valence-electron chi connectivity index (χ0n) is 16.5. The highest BCUT2D eigenvalue weighted by Crippen LogP contribution is 2.38. The van der Waals surface area contributed by atoms with Gasteiger partial charge in [0, 0.05) is 18.8 Å². The molecule has 3 aliphatic rings. The molecule has 7 heteroatoms. The maximum Gasteiger partial charge on any atom is 0.227 e. The van der Waals surface area contributed by atoms with Gasteiger partial charge in [-0.15, -0.1) is 0 Å². The van der Waals surface area contributed by atoms with Crippen molar-refractivity contribution in [1.82, 2.24) is 10.2 Å². The van der Waals surface area contributed by atoms with Gasteiger partial charge < -0.3 is 25.3 Å². The van der Waals surface area contributed by atoms with Gasteiger partial charge in [0.05, 0.1) is 24.1 Å². The fourth-order valence-electron chi connectivity index (χ4n) is 5.06. The van der Waals surface area contributed by atoms with Crippen LogP contribution in [-0.4, -0.2) is 63.5 Å². The molecule has 2 aliphatic heterocycles. The monoisotopic (exact) mass is 403 g/mol. The van der Waals surface area contributed by atoms with E-state index >= 15 is 0 Å². The molecule has 0 bridgehead atoms. The van der Waals surface area contributed by atoms with Gasteiger partial charge in [-0.1, -0.05) is 6.07 Å². The highest BCUT2D eigenvalue weighted by Gasteiger charge is 2.54. The summed E-state index contributed by atoms with van der Waals surface area (Å²) in [5.41, 5.74) is 3.18. The number of aliphatic hydroxyl groups excluding tert-OH is 2. The molecular weight excluding hydrogens is 374 g/mol. The number of nitrogens with zero attached hydrogens (tertiary/aromatic N) is 2. The number of hydrogen-bond acceptors (Lipinski definition) is 4. The molecule has 2 saturated heterocycles. The fourth-order valence-corrected chi connectivity index (χ4v) is 5.43. The van der Waals surface area contributed by atoms with E-state index in [0.717, 1.165) is 49.2 Å². The van der Waals surface area contributed by atoms with Gasteiger partial charge in [0.15, 0.2) is 5.11 Å². The van der Waals surface area contributed by atoms with Crippen molar-refractivity contribution in [2.24, 2.45) is 5.92 Å². The summed E-state index contributed by atoms with van der Waals surface area (Å²) in [5.74, 6) is -0.336. The third-order valence-corrected chi connectivity index (χ3v) is 6.63. The Morgan fingerprint density at radius 3 is 2.39 bits per heavy atom. The Balaban J connectivity index is 1.71. The molecule has 3 fully saturated rings. The van der Waals surface area contributed by atoms with E-state index in [4.69, 9.17) is 12.2 Å². The average molecular weight is 404 g/mol.